The van der Waals surface area contributed by atoms with Crippen LogP contribution in [0.4, 0.5) is 0 Å². The van der Waals surface area contributed by atoms with E-state index in [4.69, 9.17) is 18.9 Å². The zero-order valence-electron chi connectivity index (χ0n) is 15.3. The van der Waals surface area contributed by atoms with Gasteiger partial charge in [0.15, 0.2) is 29.2 Å². The Bertz CT molecular complexity index is 1250. The topological polar surface area (TPSA) is 40.8 Å². The Morgan fingerprint density at radius 1 is 0.786 bits per heavy atom. The van der Waals surface area contributed by atoms with Gasteiger partial charge in [0.25, 0.3) is 0 Å². The SMILES string of the molecule is CCC[n+]1cc2c3c(ccc2c2ccc4cc5c(cc4c21)OCO5)OCO3.[Cl-]. The Kier molecular flexibility index (Phi) is 3.88. The lowest BCUT2D eigenvalue weighted by Crippen LogP contribution is -3.00. The number of aryl methyl sites for hydroxylation is 1. The summed E-state index contributed by atoms with van der Waals surface area (Å²) in [6.07, 6.45) is 3.23. The summed E-state index contributed by atoms with van der Waals surface area (Å²) in [7, 11) is 0. The highest BCUT2D eigenvalue weighted by Crippen LogP contribution is 2.43. The fraction of sp³-hybridized carbons (Fsp3) is 0.227. The van der Waals surface area contributed by atoms with E-state index in [0.717, 1.165) is 46.7 Å². The molecule has 5 nitrogen and oxygen atoms in total. The van der Waals surface area contributed by atoms with Crippen LogP contribution >= 0.6 is 0 Å². The molecule has 0 bridgehead atoms. The van der Waals surface area contributed by atoms with Crippen molar-refractivity contribution in [2.45, 2.75) is 19.9 Å². The molecule has 6 heteroatoms. The van der Waals surface area contributed by atoms with Crippen LogP contribution in [-0.4, -0.2) is 13.6 Å². The average molecular weight is 396 g/mol. The van der Waals surface area contributed by atoms with Gasteiger partial charge >= 0.3 is 0 Å². The Labute approximate surface area is 167 Å². The fourth-order valence-electron chi connectivity index (χ4n) is 4.22. The molecule has 28 heavy (non-hydrogen) atoms. The van der Waals surface area contributed by atoms with Crippen LogP contribution in [0.1, 0.15) is 13.3 Å². The maximum atomic E-state index is 5.77. The van der Waals surface area contributed by atoms with Gasteiger partial charge in [-0.05, 0) is 35.7 Å². The maximum absolute atomic E-state index is 5.77. The van der Waals surface area contributed by atoms with Crippen molar-refractivity contribution in [3.05, 3.63) is 42.6 Å². The number of pyridine rings is 1. The van der Waals surface area contributed by atoms with Gasteiger partial charge in [-0.1, -0.05) is 13.0 Å². The lowest BCUT2D eigenvalue weighted by molar-refractivity contribution is -0.669. The van der Waals surface area contributed by atoms with Crippen molar-refractivity contribution in [3.8, 4) is 23.0 Å². The van der Waals surface area contributed by atoms with Crippen molar-refractivity contribution < 1.29 is 35.9 Å². The molecule has 0 saturated heterocycles. The van der Waals surface area contributed by atoms with E-state index in [1.54, 1.807) is 0 Å². The van der Waals surface area contributed by atoms with Crippen molar-refractivity contribution in [1.82, 2.24) is 0 Å². The molecular formula is C22H18ClNO4. The second-order valence-corrected chi connectivity index (χ2v) is 6.97. The van der Waals surface area contributed by atoms with Crippen LogP contribution in [0.2, 0.25) is 0 Å². The molecule has 3 aromatic carbocycles. The third-order valence-electron chi connectivity index (χ3n) is 5.39. The van der Waals surface area contributed by atoms with Gasteiger partial charge in [-0.3, -0.25) is 0 Å². The Morgan fingerprint density at radius 2 is 1.54 bits per heavy atom. The van der Waals surface area contributed by atoms with Crippen molar-refractivity contribution >= 4 is 32.4 Å². The number of nitrogens with zero attached hydrogens (tertiary/aromatic N) is 1. The van der Waals surface area contributed by atoms with Crippen molar-refractivity contribution in [1.29, 1.82) is 0 Å². The predicted molar refractivity (Wildman–Crippen MR) is 102 cm³/mol. The molecule has 4 aromatic rings. The molecule has 0 radical (unpaired) electrons. The molecule has 0 amide bonds. The van der Waals surface area contributed by atoms with Crippen LogP contribution < -0.4 is 35.9 Å². The molecule has 3 heterocycles. The minimum absolute atomic E-state index is 0. The number of rotatable bonds is 2. The first-order valence-corrected chi connectivity index (χ1v) is 9.24. The van der Waals surface area contributed by atoms with Gasteiger partial charge in [-0.15, -0.1) is 0 Å². The first-order chi connectivity index (χ1) is 13.3. The minimum atomic E-state index is 0. The third-order valence-corrected chi connectivity index (χ3v) is 5.39. The standard InChI is InChI=1S/C22H18NO4.ClH/c1-2-7-23-10-17-14(5-6-18-22(17)27-12-24-18)15-4-3-13-8-19-20(26-11-25-19)9-16(13)21(15)23;/h3-6,8-10H,2,7,11-12H2,1H3;1H/q+1;/p-1. The molecule has 0 saturated carbocycles. The highest BCUT2D eigenvalue weighted by molar-refractivity contribution is 6.15. The van der Waals surface area contributed by atoms with Gasteiger partial charge in [0.2, 0.25) is 19.1 Å². The van der Waals surface area contributed by atoms with Gasteiger partial charge in [0.05, 0.1) is 16.2 Å². The summed E-state index contributed by atoms with van der Waals surface area (Å²) >= 11 is 0. The van der Waals surface area contributed by atoms with Crippen molar-refractivity contribution in [3.63, 3.8) is 0 Å². The number of hydrogen-bond acceptors (Lipinski definition) is 4. The van der Waals surface area contributed by atoms with E-state index in [1.165, 1.54) is 21.7 Å². The molecular weight excluding hydrogens is 378 g/mol. The lowest BCUT2D eigenvalue weighted by Gasteiger charge is -2.10. The number of ether oxygens (including phenoxy) is 4. The second-order valence-electron chi connectivity index (χ2n) is 6.97. The molecule has 1 aromatic heterocycles. The number of fused-ring (bicyclic) bond motifs is 8. The molecule has 142 valence electrons. The van der Waals surface area contributed by atoms with Crippen LogP contribution in [0.5, 0.6) is 23.0 Å². The number of benzene rings is 3. The van der Waals surface area contributed by atoms with Gasteiger partial charge in [-0.25, -0.2) is 0 Å². The zero-order chi connectivity index (χ0) is 18.0. The molecule has 0 fully saturated rings. The Hall–Kier alpha value is -2.92. The summed E-state index contributed by atoms with van der Waals surface area (Å²) < 4.78 is 24.9. The Morgan fingerprint density at radius 3 is 2.39 bits per heavy atom. The highest BCUT2D eigenvalue weighted by atomic mass is 35.5. The molecule has 2 aliphatic rings. The molecule has 0 N–H and O–H groups in total. The van der Waals surface area contributed by atoms with Crippen molar-refractivity contribution in [2.75, 3.05) is 13.6 Å². The van der Waals surface area contributed by atoms with Crippen LogP contribution in [0.25, 0.3) is 32.4 Å². The van der Waals surface area contributed by atoms with E-state index >= 15 is 0 Å². The number of hydrogen-bond donors (Lipinski definition) is 0. The fourth-order valence-corrected chi connectivity index (χ4v) is 4.22. The van der Waals surface area contributed by atoms with E-state index in [0.29, 0.717) is 0 Å². The lowest BCUT2D eigenvalue weighted by atomic mass is 10.00. The van der Waals surface area contributed by atoms with Gasteiger partial charge < -0.3 is 31.4 Å². The van der Waals surface area contributed by atoms with E-state index in [-0.39, 0.29) is 26.0 Å². The largest absolute Gasteiger partial charge is 1.00 e. The molecule has 6 rings (SSSR count). The normalized spacial score (nSPS) is 14.0. The summed E-state index contributed by atoms with van der Waals surface area (Å²) in [6, 6.07) is 12.6. The quantitative estimate of drug-likeness (QED) is 0.379. The van der Waals surface area contributed by atoms with Crippen LogP contribution in [0.3, 0.4) is 0 Å². The third kappa shape index (κ3) is 2.29. The molecule has 0 atom stereocenters. The molecule has 0 aliphatic carbocycles. The second kappa shape index (κ2) is 6.31. The van der Waals surface area contributed by atoms with Gasteiger partial charge in [-0.2, -0.15) is 4.57 Å². The minimum Gasteiger partial charge on any atom is -1.00 e. The first-order valence-electron chi connectivity index (χ1n) is 9.24. The van der Waals surface area contributed by atoms with E-state index in [2.05, 4.69) is 48.0 Å². The average Bonchev–Trinajstić information content (AvgIpc) is 3.34. The Balaban J connectivity index is 0.00000171. The summed E-state index contributed by atoms with van der Waals surface area (Å²) in [4.78, 5) is 0. The predicted octanol–water partition coefficient (Wildman–Crippen LogP) is 1.31. The number of halogens is 1. The summed E-state index contributed by atoms with van der Waals surface area (Å²) in [5.41, 5.74) is 1.21. The highest BCUT2D eigenvalue weighted by Gasteiger charge is 2.25. The van der Waals surface area contributed by atoms with E-state index in [9.17, 15) is 0 Å². The molecule has 2 aliphatic heterocycles. The molecule has 0 spiro atoms. The zero-order valence-corrected chi connectivity index (χ0v) is 16.1. The number of aromatic nitrogens is 1. The van der Waals surface area contributed by atoms with E-state index < -0.39 is 0 Å². The monoisotopic (exact) mass is 395 g/mol. The van der Waals surface area contributed by atoms with Gasteiger partial charge in [0.1, 0.15) is 6.54 Å². The smallest absolute Gasteiger partial charge is 0.231 e. The van der Waals surface area contributed by atoms with Crippen LogP contribution in [-0.2, 0) is 6.54 Å². The van der Waals surface area contributed by atoms with Crippen LogP contribution in [0, 0.1) is 0 Å². The molecule has 0 unspecified atom stereocenters. The maximum Gasteiger partial charge on any atom is 0.231 e. The van der Waals surface area contributed by atoms with Crippen LogP contribution in [0.15, 0.2) is 42.6 Å². The summed E-state index contributed by atoms with van der Waals surface area (Å²) in [5, 5.41) is 5.78. The van der Waals surface area contributed by atoms with Crippen molar-refractivity contribution in [2.24, 2.45) is 0 Å². The first kappa shape index (κ1) is 17.2. The summed E-state index contributed by atoms with van der Waals surface area (Å²) in [5.74, 6) is 3.27. The summed E-state index contributed by atoms with van der Waals surface area (Å²) in [6.45, 7) is 3.68. The van der Waals surface area contributed by atoms with E-state index in [1.807, 2.05) is 6.07 Å². The van der Waals surface area contributed by atoms with Gasteiger partial charge in [0, 0.05) is 11.8 Å².